The highest BCUT2D eigenvalue weighted by Gasteiger charge is 1.99. The molecule has 86 valence electrons. The Morgan fingerprint density at radius 2 is 1.35 bits per heavy atom. The maximum absolute atomic E-state index is 12.9. The Hall–Kier alpha value is -1.96. The van der Waals surface area contributed by atoms with E-state index in [4.69, 9.17) is 0 Å². The number of halogens is 2. The first-order valence-corrected chi connectivity index (χ1v) is 5.35. The summed E-state index contributed by atoms with van der Waals surface area (Å²) in [7, 11) is 0. The number of benzene rings is 2. The van der Waals surface area contributed by atoms with Crippen LogP contribution in [0, 0.1) is 18.6 Å². The maximum Gasteiger partial charge on any atom is 0.159 e. The van der Waals surface area contributed by atoms with E-state index in [9.17, 15) is 8.78 Å². The van der Waals surface area contributed by atoms with Gasteiger partial charge in [-0.05, 0) is 30.2 Å². The normalized spacial score (nSPS) is 11.0. The minimum Gasteiger partial charge on any atom is -0.204 e. The average molecular weight is 230 g/mol. The maximum atomic E-state index is 12.9. The Bertz CT molecular complexity index is 539. The van der Waals surface area contributed by atoms with Crippen LogP contribution < -0.4 is 0 Å². The Balaban J connectivity index is 2.20. The molecule has 0 aliphatic carbocycles. The van der Waals surface area contributed by atoms with E-state index in [1.54, 1.807) is 12.1 Å². The molecule has 0 radical (unpaired) electrons. The molecule has 0 saturated heterocycles. The number of aryl methyl sites for hydroxylation is 1. The summed E-state index contributed by atoms with van der Waals surface area (Å²) in [4.78, 5) is 0. The second kappa shape index (κ2) is 4.91. The van der Waals surface area contributed by atoms with Crippen molar-refractivity contribution in [3.05, 3.63) is 70.8 Å². The highest BCUT2D eigenvalue weighted by atomic mass is 19.2. The second-order valence-electron chi connectivity index (χ2n) is 3.92. The van der Waals surface area contributed by atoms with Crippen molar-refractivity contribution in [2.75, 3.05) is 0 Å². The summed E-state index contributed by atoms with van der Waals surface area (Å²) < 4.78 is 25.7. The Labute approximate surface area is 99.2 Å². The quantitative estimate of drug-likeness (QED) is 0.669. The summed E-state index contributed by atoms with van der Waals surface area (Å²) in [5.74, 6) is -1.64. The lowest BCUT2D eigenvalue weighted by Crippen LogP contribution is -1.83. The summed E-state index contributed by atoms with van der Waals surface area (Å²) in [6.45, 7) is 2.02. The fourth-order valence-electron chi connectivity index (χ4n) is 1.49. The summed E-state index contributed by atoms with van der Waals surface area (Å²) in [6.07, 6.45) is 3.62. The van der Waals surface area contributed by atoms with E-state index in [2.05, 4.69) is 0 Å². The smallest absolute Gasteiger partial charge is 0.159 e. The van der Waals surface area contributed by atoms with Crippen LogP contribution >= 0.6 is 0 Å². The molecule has 0 heterocycles. The van der Waals surface area contributed by atoms with Gasteiger partial charge >= 0.3 is 0 Å². The third-order valence-electron chi connectivity index (χ3n) is 2.49. The Morgan fingerprint density at radius 3 is 2.00 bits per heavy atom. The zero-order valence-corrected chi connectivity index (χ0v) is 9.45. The Morgan fingerprint density at radius 1 is 0.765 bits per heavy atom. The van der Waals surface area contributed by atoms with Crippen LogP contribution in [0.15, 0.2) is 42.5 Å². The first kappa shape index (κ1) is 11.5. The van der Waals surface area contributed by atoms with Gasteiger partial charge in [0.15, 0.2) is 11.6 Å². The third-order valence-corrected chi connectivity index (χ3v) is 2.49. The molecular weight excluding hydrogens is 218 g/mol. The van der Waals surface area contributed by atoms with E-state index in [1.807, 2.05) is 37.3 Å². The van der Waals surface area contributed by atoms with E-state index in [0.29, 0.717) is 5.56 Å². The zero-order chi connectivity index (χ0) is 12.3. The van der Waals surface area contributed by atoms with E-state index < -0.39 is 11.6 Å². The van der Waals surface area contributed by atoms with Crippen molar-refractivity contribution in [3.63, 3.8) is 0 Å². The lowest BCUT2D eigenvalue weighted by Gasteiger charge is -1.97. The molecule has 17 heavy (non-hydrogen) atoms. The minimum atomic E-state index is -0.823. The predicted molar refractivity (Wildman–Crippen MR) is 66.5 cm³/mol. The lowest BCUT2D eigenvalue weighted by molar-refractivity contribution is 0.508. The van der Waals surface area contributed by atoms with Gasteiger partial charge in [0.25, 0.3) is 0 Å². The summed E-state index contributed by atoms with van der Waals surface area (Å²) >= 11 is 0. The van der Waals surface area contributed by atoms with Crippen molar-refractivity contribution in [2.24, 2.45) is 0 Å². The van der Waals surface area contributed by atoms with Gasteiger partial charge in [0.2, 0.25) is 0 Å². The van der Waals surface area contributed by atoms with Gasteiger partial charge in [0.05, 0.1) is 0 Å². The molecule has 2 aromatic rings. The first-order chi connectivity index (χ1) is 8.15. The van der Waals surface area contributed by atoms with Gasteiger partial charge in [-0.15, -0.1) is 0 Å². The van der Waals surface area contributed by atoms with Crippen LogP contribution in [0.5, 0.6) is 0 Å². The highest BCUT2D eigenvalue weighted by molar-refractivity contribution is 5.69. The lowest BCUT2D eigenvalue weighted by atomic mass is 10.1. The van der Waals surface area contributed by atoms with Crippen molar-refractivity contribution < 1.29 is 8.78 Å². The van der Waals surface area contributed by atoms with Crippen molar-refractivity contribution >= 4 is 12.2 Å². The van der Waals surface area contributed by atoms with Gasteiger partial charge in [-0.1, -0.05) is 48.0 Å². The third kappa shape index (κ3) is 3.00. The summed E-state index contributed by atoms with van der Waals surface area (Å²) in [5.41, 5.74) is 2.86. The van der Waals surface area contributed by atoms with Crippen LogP contribution in [0.3, 0.4) is 0 Å². The van der Waals surface area contributed by atoms with Gasteiger partial charge in [-0.25, -0.2) is 8.78 Å². The molecule has 0 saturated carbocycles. The second-order valence-corrected chi connectivity index (χ2v) is 3.92. The van der Waals surface area contributed by atoms with Gasteiger partial charge in [0.1, 0.15) is 0 Å². The van der Waals surface area contributed by atoms with Crippen molar-refractivity contribution in [3.8, 4) is 0 Å². The fourth-order valence-corrected chi connectivity index (χ4v) is 1.49. The standard InChI is InChI=1S/C15H12F2/c1-11-2-4-12(5-3-11)6-7-13-8-9-14(16)15(17)10-13/h2-10H,1H3/b7-6+. The Kier molecular flexibility index (Phi) is 3.33. The predicted octanol–water partition coefficient (Wildman–Crippen LogP) is 4.44. The van der Waals surface area contributed by atoms with Crippen LogP contribution in [0.25, 0.3) is 12.2 Å². The molecule has 0 bridgehead atoms. The average Bonchev–Trinajstić information content (AvgIpc) is 2.33. The van der Waals surface area contributed by atoms with Gasteiger partial charge in [-0.2, -0.15) is 0 Å². The van der Waals surface area contributed by atoms with Gasteiger partial charge in [-0.3, -0.25) is 0 Å². The van der Waals surface area contributed by atoms with Crippen molar-refractivity contribution in [1.29, 1.82) is 0 Å². The SMILES string of the molecule is Cc1ccc(/C=C/c2ccc(F)c(F)c2)cc1. The van der Waals surface area contributed by atoms with E-state index in [0.717, 1.165) is 11.6 Å². The summed E-state index contributed by atoms with van der Waals surface area (Å²) in [6, 6.07) is 11.8. The number of rotatable bonds is 2. The van der Waals surface area contributed by atoms with Gasteiger partial charge < -0.3 is 0 Å². The number of hydrogen-bond donors (Lipinski definition) is 0. The first-order valence-electron chi connectivity index (χ1n) is 5.35. The van der Waals surface area contributed by atoms with Crippen LogP contribution in [0.4, 0.5) is 8.78 Å². The topological polar surface area (TPSA) is 0 Å². The minimum absolute atomic E-state index is 0.643. The largest absolute Gasteiger partial charge is 0.204 e. The molecule has 2 aromatic carbocycles. The number of hydrogen-bond acceptors (Lipinski definition) is 0. The van der Waals surface area contributed by atoms with Crippen LogP contribution in [0.1, 0.15) is 16.7 Å². The van der Waals surface area contributed by atoms with E-state index in [1.165, 1.54) is 11.6 Å². The molecule has 0 amide bonds. The molecule has 0 atom stereocenters. The molecule has 0 N–H and O–H groups in total. The molecule has 0 aromatic heterocycles. The molecular formula is C15H12F2. The molecule has 2 heteroatoms. The van der Waals surface area contributed by atoms with Crippen molar-refractivity contribution in [2.45, 2.75) is 6.92 Å². The van der Waals surface area contributed by atoms with Crippen molar-refractivity contribution in [1.82, 2.24) is 0 Å². The molecule has 0 spiro atoms. The molecule has 0 aliphatic heterocycles. The fraction of sp³-hybridized carbons (Fsp3) is 0.0667. The molecule has 0 unspecified atom stereocenters. The highest BCUT2D eigenvalue weighted by Crippen LogP contribution is 2.12. The zero-order valence-electron chi connectivity index (χ0n) is 9.45. The van der Waals surface area contributed by atoms with Crippen LogP contribution in [-0.4, -0.2) is 0 Å². The van der Waals surface area contributed by atoms with E-state index in [-0.39, 0.29) is 0 Å². The van der Waals surface area contributed by atoms with Gasteiger partial charge in [0, 0.05) is 0 Å². The monoisotopic (exact) mass is 230 g/mol. The van der Waals surface area contributed by atoms with E-state index >= 15 is 0 Å². The van der Waals surface area contributed by atoms with Crippen LogP contribution in [0.2, 0.25) is 0 Å². The molecule has 2 rings (SSSR count). The molecule has 0 fully saturated rings. The molecule has 0 nitrogen and oxygen atoms in total. The van der Waals surface area contributed by atoms with Crippen LogP contribution in [-0.2, 0) is 0 Å². The summed E-state index contributed by atoms with van der Waals surface area (Å²) in [5, 5.41) is 0. The molecule has 0 aliphatic rings.